The fraction of sp³-hybridized carbons (Fsp3) is 0.923. The predicted octanol–water partition coefficient (Wildman–Crippen LogP) is 0.392. The molecule has 2 aliphatic rings. The highest BCUT2D eigenvalue weighted by atomic mass is 16.5. The van der Waals surface area contributed by atoms with E-state index in [-0.39, 0.29) is 12.0 Å². The van der Waals surface area contributed by atoms with Crippen molar-refractivity contribution < 1.29 is 14.3 Å². The topological polar surface area (TPSA) is 50.8 Å². The SMILES string of the molecule is COC1(C(=O)N2CCCOC(C)C2)CCNCC1. The first-order valence-corrected chi connectivity index (χ1v) is 6.85. The predicted molar refractivity (Wildman–Crippen MR) is 68.5 cm³/mol. The molecule has 2 aliphatic heterocycles. The molecule has 0 bridgehead atoms. The zero-order valence-electron chi connectivity index (χ0n) is 11.4. The highest BCUT2D eigenvalue weighted by Crippen LogP contribution is 2.26. The fourth-order valence-electron chi connectivity index (χ4n) is 2.80. The third kappa shape index (κ3) is 2.84. The van der Waals surface area contributed by atoms with E-state index in [1.807, 2.05) is 11.8 Å². The first-order chi connectivity index (χ1) is 8.68. The molecule has 0 radical (unpaired) electrons. The second-order valence-corrected chi connectivity index (χ2v) is 5.23. The summed E-state index contributed by atoms with van der Waals surface area (Å²) in [6.45, 7) is 5.91. The number of nitrogens with one attached hydrogen (secondary N) is 1. The van der Waals surface area contributed by atoms with Crippen LogP contribution < -0.4 is 5.32 Å². The summed E-state index contributed by atoms with van der Waals surface area (Å²) in [4.78, 5) is 14.6. The molecule has 2 heterocycles. The van der Waals surface area contributed by atoms with Crippen LogP contribution in [0.4, 0.5) is 0 Å². The number of hydrogen-bond donors (Lipinski definition) is 1. The van der Waals surface area contributed by atoms with Gasteiger partial charge < -0.3 is 19.7 Å². The maximum Gasteiger partial charge on any atom is 0.254 e. The van der Waals surface area contributed by atoms with Gasteiger partial charge >= 0.3 is 0 Å². The lowest BCUT2D eigenvalue weighted by molar-refractivity contribution is -0.159. The van der Waals surface area contributed by atoms with Crippen LogP contribution in [-0.2, 0) is 14.3 Å². The standard InChI is InChI=1S/C13H24N2O3/c1-11-10-15(8-3-9-18-11)12(16)13(17-2)4-6-14-7-5-13/h11,14H,3-10H2,1-2H3. The lowest BCUT2D eigenvalue weighted by atomic mass is 9.90. The van der Waals surface area contributed by atoms with Gasteiger partial charge in [0, 0.05) is 26.8 Å². The van der Waals surface area contributed by atoms with Crippen LogP contribution in [-0.4, -0.2) is 62.4 Å². The number of ether oxygens (including phenoxy) is 2. The Balaban J connectivity index is 2.07. The highest BCUT2D eigenvalue weighted by molar-refractivity contribution is 5.85. The van der Waals surface area contributed by atoms with Crippen molar-refractivity contribution >= 4 is 5.91 Å². The molecule has 5 heteroatoms. The molecule has 0 aromatic carbocycles. The second kappa shape index (κ2) is 5.99. The molecule has 18 heavy (non-hydrogen) atoms. The molecular formula is C13H24N2O3. The van der Waals surface area contributed by atoms with Crippen LogP contribution in [0.3, 0.4) is 0 Å². The molecule has 0 aromatic rings. The normalized spacial score (nSPS) is 28.8. The van der Waals surface area contributed by atoms with E-state index in [2.05, 4.69) is 5.32 Å². The minimum Gasteiger partial charge on any atom is -0.377 e. The molecule has 0 spiro atoms. The van der Waals surface area contributed by atoms with E-state index in [9.17, 15) is 4.79 Å². The van der Waals surface area contributed by atoms with Gasteiger partial charge in [0.1, 0.15) is 5.60 Å². The van der Waals surface area contributed by atoms with Gasteiger partial charge in [0.15, 0.2) is 0 Å². The third-order valence-corrected chi connectivity index (χ3v) is 3.93. The van der Waals surface area contributed by atoms with Crippen molar-refractivity contribution in [1.29, 1.82) is 0 Å². The Kier molecular flexibility index (Phi) is 4.59. The Morgan fingerprint density at radius 1 is 1.44 bits per heavy atom. The van der Waals surface area contributed by atoms with Crippen LogP contribution in [0.5, 0.6) is 0 Å². The van der Waals surface area contributed by atoms with Gasteiger partial charge in [-0.25, -0.2) is 0 Å². The van der Waals surface area contributed by atoms with E-state index in [0.717, 1.165) is 45.5 Å². The summed E-state index contributed by atoms with van der Waals surface area (Å²) in [5.74, 6) is 0.142. The summed E-state index contributed by atoms with van der Waals surface area (Å²) in [7, 11) is 1.65. The van der Waals surface area contributed by atoms with Crippen LogP contribution in [0.15, 0.2) is 0 Å². The van der Waals surface area contributed by atoms with Crippen LogP contribution in [0.2, 0.25) is 0 Å². The van der Waals surface area contributed by atoms with Gasteiger partial charge in [-0.15, -0.1) is 0 Å². The van der Waals surface area contributed by atoms with Gasteiger partial charge in [-0.3, -0.25) is 4.79 Å². The van der Waals surface area contributed by atoms with Crippen LogP contribution >= 0.6 is 0 Å². The monoisotopic (exact) mass is 256 g/mol. The number of carbonyl (C=O) groups excluding carboxylic acids is 1. The van der Waals surface area contributed by atoms with Crippen molar-refractivity contribution in [2.24, 2.45) is 0 Å². The van der Waals surface area contributed by atoms with Crippen molar-refractivity contribution in [3.8, 4) is 0 Å². The Labute approximate surface area is 109 Å². The summed E-state index contributed by atoms with van der Waals surface area (Å²) in [5, 5.41) is 3.28. The molecule has 0 aromatic heterocycles. The van der Waals surface area contributed by atoms with E-state index >= 15 is 0 Å². The lowest BCUT2D eigenvalue weighted by Gasteiger charge is -2.38. The summed E-state index contributed by atoms with van der Waals surface area (Å²) < 4.78 is 11.2. The maximum absolute atomic E-state index is 12.7. The molecule has 0 aliphatic carbocycles. The van der Waals surface area contributed by atoms with E-state index in [4.69, 9.17) is 9.47 Å². The average molecular weight is 256 g/mol. The number of methoxy groups -OCH3 is 1. The van der Waals surface area contributed by atoms with Crippen LogP contribution in [0.25, 0.3) is 0 Å². The number of amides is 1. The molecule has 0 saturated carbocycles. The molecule has 2 fully saturated rings. The van der Waals surface area contributed by atoms with Gasteiger partial charge in [0.25, 0.3) is 5.91 Å². The van der Waals surface area contributed by atoms with Gasteiger partial charge in [-0.2, -0.15) is 0 Å². The number of rotatable bonds is 2. The zero-order valence-corrected chi connectivity index (χ0v) is 11.4. The summed E-state index contributed by atoms with van der Waals surface area (Å²) in [5.41, 5.74) is -0.616. The number of carbonyl (C=O) groups is 1. The Bertz CT molecular complexity index is 290. The largest absolute Gasteiger partial charge is 0.377 e. The average Bonchev–Trinajstić information content (AvgIpc) is 2.63. The van der Waals surface area contributed by atoms with Crippen molar-refractivity contribution in [3.05, 3.63) is 0 Å². The van der Waals surface area contributed by atoms with Crippen molar-refractivity contribution in [2.45, 2.75) is 37.9 Å². The molecule has 2 saturated heterocycles. The van der Waals surface area contributed by atoms with Gasteiger partial charge in [0.05, 0.1) is 6.10 Å². The molecule has 104 valence electrons. The first kappa shape index (κ1) is 13.8. The fourth-order valence-corrected chi connectivity index (χ4v) is 2.80. The molecule has 5 nitrogen and oxygen atoms in total. The molecule has 1 atom stereocenters. The second-order valence-electron chi connectivity index (χ2n) is 5.23. The van der Waals surface area contributed by atoms with Crippen LogP contribution in [0.1, 0.15) is 26.2 Å². The quantitative estimate of drug-likeness (QED) is 0.776. The summed E-state index contributed by atoms with van der Waals surface area (Å²) in [6, 6.07) is 0. The summed E-state index contributed by atoms with van der Waals surface area (Å²) >= 11 is 0. The molecule has 1 amide bonds. The zero-order chi connectivity index (χ0) is 13.0. The third-order valence-electron chi connectivity index (χ3n) is 3.93. The lowest BCUT2D eigenvalue weighted by Crippen LogP contribution is -2.56. The van der Waals surface area contributed by atoms with Gasteiger partial charge in [-0.05, 0) is 39.3 Å². The van der Waals surface area contributed by atoms with Crippen molar-refractivity contribution in [1.82, 2.24) is 10.2 Å². The maximum atomic E-state index is 12.7. The number of piperidine rings is 1. The van der Waals surface area contributed by atoms with Gasteiger partial charge in [0.2, 0.25) is 0 Å². The Morgan fingerprint density at radius 2 is 2.17 bits per heavy atom. The summed E-state index contributed by atoms with van der Waals surface area (Å²) in [6.07, 6.45) is 2.54. The first-order valence-electron chi connectivity index (χ1n) is 6.85. The van der Waals surface area contributed by atoms with E-state index in [1.165, 1.54) is 0 Å². The van der Waals surface area contributed by atoms with E-state index in [1.54, 1.807) is 7.11 Å². The molecule has 1 N–H and O–H groups in total. The molecule has 2 rings (SSSR count). The molecular weight excluding hydrogens is 232 g/mol. The number of hydrogen-bond acceptors (Lipinski definition) is 4. The van der Waals surface area contributed by atoms with E-state index in [0.29, 0.717) is 6.54 Å². The van der Waals surface area contributed by atoms with E-state index < -0.39 is 5.60 Å². The Morgan fingerprint density at radius 3 is 2.83 bits per heavy atom. The van der Waals surface area contributed by atoms with Crippen LogP contribution in [0, 0.1) is 0 Å². The number of nitrogens with zero attached hydrogens (tertiary/aromatic N) is 1. The van der Waals surface area contributed by atoms with Gasteiger partial charge in [-0.1, -0.05) is 0 Å². The minimum absolute atomic E-state index is 0.118. The van der Waals surface area contributed by atoms with Crippen molar-refractivity contribution in [2.75, 3.05) is 39.9 Å². The Hall–Kier alpha value is -0.650. The minimum atomic E-state index is -0.616. The molecule has 1 unspecified atom stereocenters. The highest BCUT2D eigenvalue weighted by Gasteiger charge is 2.42. The van der Waals surface area contributed by atoms with Crippen molar-refractivity contribution in [3.63, 3.8) is 0 Å². The smallest absolute Gasteiger partial charge is 0.254 e.